The van der Waals surface area contributed by atoms with E-state index >= 15 is 0 Å². The van der Waals surface area contributed by atoms with E-state index in [1.165, 1.54) is 0 Å². The monoisotopic (exact) mass is 323 g/mol. The molecule has 0 aromatic carbocycles. The minimum atomic E-state index is -2.47. The van der Waals surface area contributed by atoms with Gasteiger partial charge in [-0.15, -0.1) is 0 Å². The molecule has 0 saturated carbocycles. The van der Waals surface area contributed by atoms with Crippen molar-refractivity contribution in [3.8, 4) is 0 Å². The number of rotatable bonds is 13. The van der Waals surface area contributed by atoms with E-state index in [1.54, 1.807) is 0 Å². The average Bonchev–Trinajstić information content (AvgIpc) is 2.38. The van der Waals surface area contributed by atoms with E-state index in [1.807, 2.05) is 0 Å². The Morgan fingerprint density at radius 3 is 1.43 bits per heavy atom. The van der Waals surface area contributed by atoms with Gasteiger partial charge in [0.15, 0.2) is 0 Å². The largest absolute Gasteiger partial charge is 0.870 e. The van der Waals surface area contributed by atoms with Gasteiger partial charge in [-0.2, -0.15) is 0 Å². The maximum atomic E-state index is 6.09. The van der Waals surface area contributed by atoms with Crippen LogP contribution in [0.2, 0.25) is 6.04 Å². The summed E-state index contributed by atoms with van der Waals surface area (Å²) in [6.45, 7) is 9.73. The molecule has 0 unspecified atom stereocenters. The van der Waals surface area contributed by atoms with Crippen LogP contribution in [0.25, 0.3) is 0 Å². The van der Waals surface area contributed by atoms with Gasteiger partial charge in [0.1, 0.15) is 0 Å². The minimum Gasteiger partial charge on any atom is -0.870 e. The second-order valence-corrected chi connectivity index (χ2v) is 9.08. The standard InChI is InChI=1S/C15H36NO3Si.H2O/c1-7-12-17-20(18-13-8-2,19-14-9-3)15-10-11-16(4,5)6;/h7-15H2,1-6H3;1H2/q+1;/p-1. The van der Waals surface area contributed by atoms with E-state index in [0.29, 0.717) is 0 Å². The summed E-state index contributed by atoms with van der Waals surface area (Å²) in [7, 11) is 4.19. The topological polar surface area (TPSA) is 57.7 Å². The lowest BCUT2D eigenvalue weighted by atomic mass is 10.4. The van der Waals surface area contributed by atoms with E-state index in [0.717, 1.165) is 62.6 Å². The molecule has 0 atom stereocenters. The van der Waals surface area contributed by atoms with E-state index in [9.17, 15) is 0 Å². The van der Waals surface area contributed by atoms with Gasteiger partial charge in [0.05, 0.1) is 27.7 Å². The first kappa shape index (κ1) is 23.3. The summed E-state index contributed by atoms with van der Waals surface area (Å²) < 4.78 is 19.2. The zero-order valence-corrected chi connectivity index (χ0v) is 16.0. The molecular formula is C15H37NO4Si. The Hall–Kier alpha value is 0.0169. The summed E-state index contributed by atoms with van der Waals surface area (Å²) >= 11 is 0. The van der Waals surface area contributed by atoms with Crippen LogP contribution in [0.4, 0.5) is 0 Å². The molecule has 1 N–H and O–H groups in total. The molecule has 0 aromatic rings. The number of hydrogen-bond acceptors (Lipinski definition) is 4. The molecule has 0 rings (SSSR count). The highest BCUT2D eigenvalue weighted by Crippen LogP contribution is 2.20. The molecule has 6 heteroatoms. The fourth-order valence-electron chi connectivity index (χ4n) is 1.88. The molecule has 0 radical (unpaired) electrons. The number of nitrogens with zero attached hydrogens (tertiary/aromatic N) is 1. The maximum absolute atomic E-state index is 6.09. The van der Waals surface area contributed by atoms with Crippen molar-refractivity contribution in [2.75, 3.05) is 47.5 Å². The lowest BCUT2D eigenvalue weighted by Crippen LogP contribution is -2.47. The van der Waals surface area contributed by atoms with Gasteiger partial charge in [-0.05, 0) is 19.3 Å². The summed E-state index contributed by atoms with van der Waals surface area (Å²) in [5.41, 5.74) is 0. The molecule has 0 aliphatic heterocycles. The van der Waals surface area contributed by atoms with Crippen molar-refractivity contribution in [2.24, 2.45) is 0 Å². The third kappa shape index (κ3) is 12.3. The van der Waals surface area contributed by atoms with E-state index in [-0.39, 0.29) is 5.48 Å². The van der Waals surface area contributed by atoms with Crippen molar-refractivity contribution in [3.63, 3.8) is 0 Å². The molecule has 0 saturated heterocycles. The van der Waals surface area contributed by atoms with Gasteiger partial charge in [-0.3, -0.25) is 0 Å². The van der Waals surface area contributed by atoms with Crippen LogP contribution in [0.1, 0.15) is 46.5 Å². The summed E-state index contributed by atoms with van der Waals surface area (Å²) in [5, 5.41) is 0. The third-order valence-corrected chi connectivity index (χ3v) is 5.79. The van der Waals surface area contributed by atoms with Crippen molar-refractivity contribution < 1.29 is 23.2 Å². The fraction of sp³-hybridized carbons (Fsp3) is 1.00. The van der Waals surface area contributed by atoms with Crippen LogP contribution in [0.3, 0.4) is 0 Å². The van der Waals surface area contributed by atoms with Crippen LogP contribution >= 0.6 is 0 Å². The fourth-order valence-corrected chi connectivity index (χ4v) is 4.70. The molecule has 0 aliphatic rings. The van der Waals surface area contributed by atoms with Crippen LogP contribution in [0.5, 0.6) is 0 Å². The summed E-state index contributed by atoms with van der Waals surface area (Å²) in [6, 6.07) is 0.933. The normalized spacial score (nSPS) is 12.3. The van der Waals surface area contributed by atoms with Gasteiger partial charge < -0.3 is 23.2 Å². The van der Waals surface area contributed by atoms with Crippen molar-refractivity contribution >= 4 is 8.80 Å². The highest BCUT2D eigenvalue weighted by Gasteiger charge is 2.40. The third-order valence-electron chi connectivity index (χ3n) is 2.89. The first-order chi connectivity index (χ1) is 9.39. The van der Waals surface area contributed by atoms with E-state index < -0.39 is 8.80 Å². The quantitative estimate of drug-likeness (QED) is 0.386. The molecule has 0 bridgehead atoms. The summed E-state index contributed by atoms with van der Waals surface area (Å²) in [5.74, 6) is 0. The Labute approximate surface area is 132 Å². The maximum Gasteiger partial charge on any atom is 0.501 e. The van der Waals surface area contributed by atoms with E-state index in [2.05, 4.69) is 41.9 Å². The molecule has 0 heterocycles. The van der Waals surface area contributed by atoms with Gasteiger partial charge in [0, 0.05) is 32.3 Å². The summed E-state index contributed by atoms with van der Waals surface area (Å²) in [4.78, 5) is 0. The van der Waals surface area contributed by atoms with Gasteiger partial charge in [0.25, 0.3) is 0 Å². The van der Waals surface area contributed by atoms with Crippen LogP contribution in [-0.4, -0.2) is 66.3 Å². The van der Waals surface area contributed by atoms with Crippen molar-refractivity contribution in [3.05, 3.63) is 0 Å². The molecular weight excluding hydrogens is 286 g/mol. The highest BCUT2D eigenvalue weighted by atomic mass is 28.4. The zero-order valence-electron chi connectivity index (χ0n) is 15.0. The Morgan fingerprint density at radius 1 is 0.762 bits per heavy atom. The second kappa shape index (κ2) is 12.5. The lowest BCUT2D eigenvalue weighted by molar-refractivity contribution is -0.870. The lowest BCUT2D eigenvalue weighted by Gasteiger charge is -2.31. The number of quaternary nitrogens is 1. The molecule has 0 aromatic heterocycles. The Balaban J connectivity index is 0. The van der Waals surface area contributed by atoms with Gasteiger partial charge in [0.2, 0.25) is 0 Å². The van der Waals surface area contributed by atoms with Gasteiger partial charge in [-0.25, -0.2) is 0 Å². The smallest absolute Gasteiger partial charge is 0.501 e. The molecule has 0 fully saturated rings. The van der Waals surface area contributed by atoms with Crippen molar-refractivity contribution in [1.82, 2.24) is 0 Å². The van der Waals surface area contributed by atoms with Crippen LogP contribution in [-0.2, 0) is 13.3 Å². The highest BCUT2D eigenvalue weighted by molar-refractivity contribution is 6.60. The molecule has 130 valence electrons. The predicted molar refractivity (Wildman–Crippen MR) is 88.7 cm³/mol. The van der Waals surface area contributed by atoms with Crippen LogP contribution in [0.15, 0.2) is 0 Å². The predicted octanol–water partition coefficient (Wildman–Crippen LogP) is 3.12. The minimum absolute atomic E-state index is 0. The second-order valence-electron chi connectivity index (χ2n) is 6.35. The van der Waals surface area contributed by atoms with Gasteiger partial charge >= 0.3 is 8.80 Å². The molecule has 0 aliphatic carbocycles. The zero-order chi connectivity index (χ0) is 15.5. The molecule has 21 heavy (non-hydrogen) atoms. The van der Waals surface area contributed by atoms with Crippen LogP contribution < -0.4 is 0 Å². The van der Waals surface area contributed by atoms with Gasteiger partial charge in [-0.1, -0.05) is 20.8 Å². The van der Waals surface area contributed by atoms with Crippen molar-refractivity contribution in [2.45, 2.75) is 52.5 Å². The molecule has 0 spiro atoms. The summed E-state index contributed by atoms with van der Waals surface area (Å²) in [6.07, 6.45) is 4.12. The first-order valence-corrected chi connectivity index (χ1v) is 10.0. The van der Waals surface area contributed by atoms with E-state index in [4.69, 9.17) is 13.3 Å². The van der Waals surface area contributed by atoms with Crippen molar-refractivity contribution in [1.29, 1.82) is 0 Å². The average molecular weight is 324 g/mol. The molecule has 5 nitrogen and oxygen atoms in total. The SMILES string of the molecule is CCCO[Si](CCC[N+](C)(C)C)(OCCC)OCCC.[OH-]. The Morgan fingerprint density at radius 2 is 1.14 bits per heavy atom. The Kier molecular flexibility index (Phi) is 13.9. The first-order valence-electron chi connectivity index (χ1n) is 8.11. The van der Waals surface area contributed by atoms with Crippen LogP contribution in [0, 0.1) is 0 Å². The number of hydrogen-bond donors (Lipinski definition) is 0. The molecule has 0 amide bonds. The Bertz CT molecular complexity index is 212.